The van der Waals surface area contributed by atoms with Crippen LogP contribution in [0.25, 0.3) is 0 Å². The maximum atomic E-state index is 13.6. The largest absolute Gasteiger partial charge is 0.494 e. The second-order valence-electron chi connectivity index (χ2n) is 4.83. The second-order valence-corrected chi connectivity index (χ2v) is 4.83. The molecule has 0 aliphatic rings. The van der Waals surface area contributed by atoms with E-state index in [1.165, 1.54) is 19.2 Å². The van der Waals surface area contributed by atoms with E-state index in [9.17, 15) is 9.18 Å². The van der Waals surface area contributed by atoms with Gasteiger partial charge in [0.2, 0.25) is 0 Å². The number of amides is 1. The number of carbonyl (C=O) groups excluding carboxylic acids is 1. The molecular weight excluding hydrogens is 271 g/mol. The Bertz CT molecular complexity index is 699. The number of hydrogen-bond acceptors (Lipinski definition) is 3. The maximum Gasteiger partial charge on any atom is 0.255 e. The van der Waals surface area contributed by atoms with Gasteiger partial charge < -0.3 is 15.8 Å². The number of benzene rings is 2. The molecule has 0 aliphatic carbocycles. The Labute approximate surface area is 122 Å². The monoisotopic (exact) mass is 288 g/mol. The zero-order valence-electron chi connectivity index (χ0n) is 12.2. The van der Waals surface area contributed by atoms with Gasteiger partial charge in [0.25, 0.3) is 5.91 Å². The van der Waals surface area contributed by atoms with E-state index in [2.05, 4.69) is 5.32 Å². The summed E-state index contributed by atoms with van der Waals surface area (Å²) in [4.78, 5) is 12.2. The van der Waals surface area contributed by atoms with Gasteiger partial charge in [-0.3, -0.25) is 4.79 Å². The molecule has 2 aromatic rings. The highest BCUT2D eigenvalue weighted by atomic mass is 19.1. The molecule has 0 bridgehead atoms. The Morgan fingerprint density at radius 1 is 1.19 bits per heavy atom. The van der Waals surface area contributed by atoms with Gasteiger partial charge in [0.05, 0.1) is 7.11 Å². The maximum absolute atomic E-state index is 13.6. The normalized spacial score (nSPS) is 10.3. The van der Waals surface area contributed by atoms with E-state index >= 15 is 0 Å². The van der Waals surface area contributed by atoms with Gasteiger partial charge in [-0.1, -0.05) is 0 Å². The highest BCUT2D eigenvalue weighted by Crippen LogP contribution is 2.23. The van der Waals surface area contributed by atoms with E-state index in [4.69, 9.17) is 10.5 Å². The van der Waals surface area contributed by atoms with Crippen LogP contribution in [-0.4, -0.2) is 13.0 Å². The first kappa shape index (κ1) is 14.8. The van der Waals surface area contributed by atoms with E-state index in [1.807, 2.05) is 13.8 Å². The highest BCUT2D eigenvalue weighted by Gasteiger charge is 2.12. The van der Waals surface area contributed by atoms with Gasteiger partial charge >= 0.3 is 0 Å². The van der Waals surface area contributed by atoms with Crippen LogP contribution < -0.4 is 15.8 Å². The summed E-state index contributed by atoms with van der Waals surface area (Å²) in [5.74, 6) is -0.856. The lowest BCUT2D eigenvalue weighted by Crippen LogP contribution is -2.13. The fraction of sp³-hybridized carbons (Fsp3) is 0.188. The Morgan fingerprint density at radius 2 is 1.90 bits per heavy atom. The molecule has 0 aliphatic heterocycles. The minimum atomic E-state index is -0.574. The minimum Gasteiger partial charge on any atom is -0.494 e. The minimum absolute atomic E-state index is 0.103. The predicted molar refractivity (Wildman–Crippen MR) is 81.2 cm³/mol. The topological polar surface area (TPSA) is 64.3 Å². The second kappa shape index (κ2) is 5.83. The van der Waals surface area contributed by atoms with E-state index < -0.39 is 5.82 Å². The van der Waals surface area contributed by atoms with Crippen molar-refractivity contribution in [2.45, 2.75) is 13.8 Å². The molecule has 0 atom stereocenters. The third-order valence-electron chi connectivity index (χ3n) is 3.28. The van der Waals surface area contributed by atoms with E-state index in [0.717, 1.165) is 17.2 Å². The van der Waals surface area contributed by atoms with Crippen molar-refractivity contribution >= 4 is 17.3 Å². The summed E-state index contributed by atoms with van der Waals surface area (Å²) in [6.07, 6.45) is 0. The average Bonchev–Trinajstić information content (AvgIpc) is 2.44. The van der Waals surface area contributed by atoms with Crippen molar-refractivity contribution in [3.63, 3.8) is 0 Å². The molecule has 110 valence electrons. The smallest absolute Gasteiger partial charge is 0.255 e. The molecule has 3 N–H and O–H groups in total. The van der Waals surface area contributed by atoms with Gasteiger partial charge in [-0.2, -0.15) is 0 Å². The number of carbonyl (C=O) groups is 1. The Kier molecular flexibility index (Phi) is 4.12. The lowest BCUT2D eigenvalue weighted by atomic mass is 10.1. The lowest BCUT2D eigenvalue weighted by Gasteiger charge is -2.11. The van der Waals surface area contributed by atoms with Gasteiger partial charge in [0.1, 0.15) is 0 Å². The van der Waals surface area contributed by atoms with Crippen LogP contribution in [0.15, 0.2) is 30.3 Å². The summed E-state index contributed by atoms with van der Waals surface area (Å²) in [7, 11) is 1.37. The molecule has 0 heterocycles. The molecule has 0 radical (unpaired) electrons. The first-order valence-electron chi connectivity index (χ1n) is 6.44. The number of nitrogens with two attached hydrogens (primary N) is 1. The molecule has 0 saturated carbocycles. The summed E-state index contributed by atoms with van der Waals surface area (Å²) in [5.41, 5.74) is 9.07. The van der Waals surface area contributed by atoms with Crippen LogP contribution in [-0.2, 0) is 0 Å². The highest BCUT2D eigenvalue weighted by molar-refractivity contribution is 6.04. The number of halogens is 1. The molecule has 2 aromatic carbocycles. The summed E-state index contributed by atoms with van der Waals surface area (Å²) >= 11 is 0. The summed E-state index contributed by atoms with van der Waals surface area (Å²) in [6.45, 7) is 3.71. The molecule has 4 nitrogen and oxygen atoms in total. The number of hydrogen-bond donors (Lipinski definition) is 2. The van der Waals surface area contributed by atoms with Crippen molar-refractivity contribution in [3.8, 4) is 5.75 Å². The first-order chi connectivity index (χ1) is 9.92. The molecule has 0 aromatic heterocycles. The van der Waals surface area contributed by atoms with E-state index in [0.29, 0.717) is 11.4 Å². The molecule has 21 heavy (non-hydrogen) atoms. The lowest BCUT2D eigenvalue weighted by molar-refractivity contribution is 0.102. The standard InChI is InChI=1S/C16H17FN2O2/c1-9-7-14(10(2)6-13(9)18)19-16(20)11-4-5-15(21-3)12(17)8-11/h4-8H,18H2,1-3H3,(H,19,20). The number of nitrogens with one attached hydrogen (secondary N) is 1. The third kappa shape index (κ3) is 3.13. The molecule has 2 rings (SSSR count). The number of nitrogen functional groups attached to an aromatic ring is 1. The van der Waals surface area contributed by atoms with Crippen molar-refractivity contribution < 1.29 is 13.9 Å². The fourth-order valence-corrected chi connectivity index (χ4v) is 1.98. The zero-order chi connectivity index (χ0) is 15.6. The van der Waals surface area contributed by atoms with Gasteiger partial charge in [0.15, 0.2) is 11.6 Å². The number of anilines is 2. The van der Waals surface area contributed by atoms with Gasteiger partial charge in [-0.15, -0.1) is 0 Å². The molecular formula is C16H17FN2O2. The molecule has 0 spiro atoms. The van der Waals surface area contributed by atoms with Crippen molar-refractivity contribution in [2.75, 3.05) is 18.2 Å². The first-order valence-corrected chi connectivity index (χ1v) is 6.44. The summed E-state index contributed by atoms with van der Waals surface area (Å²) in [5, 5.41) is 2.76. The fourth-order valence-electron chi connectivity index (χ4n) is 1.98. The van der Waals surface area contributed by atoms with Crippen molar-refractivity contribution in [1.82, 2.24) is 0 Å². The SMILES string of the molecule is COc1ccc(C(=O)Nc2cc(C)c(N)cc2C)cc1F. The quantitative estimate of drug-likeness (QED) is 0.852. The van der Waals surface area contributed by atoms with Crippen molar-refractivity contribution in [2.24, 2.45) is 0 Å². The third-order valence-corrected chi connectivity index (χ3v) is 3.28. The van der Waals surface area contributed by atoms with Crippen molar-refractivity contribution in [1.29, 1.82) is 0 Å². The molecule has 0 unspecified atom stereocenters. The Morgan fingerprint density at radius 3 is 2.52 bits per heavy atom. The van der Waals surface area contributed by atoms with Gasteiger partial charge in [0, 0.05) is 16.9 Å². The predicted octanol–water partition coefficient (Wildman–Crippen LogP) is 3.29. The number of ether oxygens (including phenoxy) is 1. The Hall–Kier alpha value is -2.56. The van der Waals surface area contributed by atoms with Gasteiger partial charge in [-0.05, 0) is 55.3 Å². The average molecular weight is 288 g/mol. The van der Waals surface area contributed by atoms with E-state index in [-0.39, 0.29) is 17.2 Å². The zero-order valence-corrected chi connectivity index (χ0v) is 12.2. The van der Waals surface area contributed by atoms with Crippen LogP contribution in [0.5, 0.6) is 5.75 Å². The van der Waals surface area contributed by atoms with Crippen LogP contribution in [0, 0.1) is 19.7 Å². The van der Waals surface area contributed by atoms with Crippen LogP contribution in [0.2, 0.25) is 0 Å². The number of methoxy groups -OCH3 is 1. The summed E-state index contributed by atoms with van der Waals surface area (Å²) < 4.78 is 18.4. The van der Waals surface area contributed by atoms with Crippen LogP contribution in [0.1, 0.15) is 21.5 Å². The van der Waals surface area contributed by atoms with Crippen molar-refractivity contribution in [3.05, 3.63) is 52.8 Å². The van der Waals surface area contributed by atoms with Crippen LogP contribution in [0.4, 0.5) is 15.8 Å². The number of rotatable bonds is 3. The van der Waals surface area contributed by atoms with E-state index in [1.54, 1.807) is 12.1 Å². The Balaban J connectivity index is 2.26. The number of aryl methyl sites for hydroxylation is 2. The van der Waals surface area contributed by atoms with Crippen LogP contribution >= 0.6 is 0 Å². The molecule has 5 heteroatoms. The summed E-state index contributed by atoms with van der Waals surface area (Å²) in [6, 6.07) is 7.66. The molecule has 0 saturated heterocycles. The molecule has 0 fully saturated rings. The van der Waals surface area contributed by atoms with Gasteiger partial charge in [-0.25, -0.2) is 4.39 Å². The molecule has 1 amide bonds. The van der Waals surface area contributed by atoms with Crippen LogP contribution in [0.3, 0.4) is 0 Å².